The summed E-state index contributed by atoms with van der Waals surface area (Å²) in [6.45, 7) is 7.71. The summed E-state index contributed by atoms with van der Waals surface area (Å²) in [6, 6.07) is 18.3. The molecule has 0 spiro atoms. The van der Waals surface area contributed by atoms with Crippen molar-refractivity contribution in [2.45, 2.75) is 39.2 Å². The van der Waals surface area contributed by atoms with Gasteiger partial charge in [0.15, 0.2) is 0 Å². The van der Waals surface area contributed by atoms with Gasteiger partial charge in [-0.15, -0.1) is 11.8 Å². The molecular formula is C22H27NO2S. The van der Waals surface area contributed by atoms with Gasteiger partial charge >= 0.3 is 0 Å². The van der Waals surface area contributed by atoms with Crippen molar-refractivity contribution in [3.8, 4) is 5.75 Å². The lowest BCUT2D eigenvalue weighted by molar-refractivity contribution is -0.133. The van der Waals surface area contributed by atoms with Crippen molar-refractivity contribution >= 4 is 17.7 Å². The van der Waals surface area contributed by atoms with E-state index >= 15 is 0 Å². The van der Waals surface area contributed by atoms with Crippen LogP contribution in [0.2, 0.25) is 0 Å². The van der Waals surface area contributed by atoms with Crippen molar-refractivity contribution in [1.29, 1.82) is 0 Å². The van der Waals surface area contributed by atoms with E-state index in [2.05, 4.69) is 45.0 Å². The second-order valence-corrected chi connectivity index (χ2v) is 9.08. The Bertz CT molecular complexity index is 739. The number of carbonyl (C=O) groups excluding carboxylic acids is 1. The third kappa shape index (κ3) is 5.04. The van der Waals surface area contributed by atoms with Gasteiger partial charge in [0.05, 0.1) is 0 Å². The fourth-order valence-corrected chi connectivity index (χ4v) is 4.32. The first-order chi connectivity index (χ1) is 12.4. The molecule has 0 bridgehead atoms. The van der Waals surface area contributed by atoms with Crippen LogP contribution in [0, 0.1) is 5.41 Å². The first kappa shape index (κ1) is 18.8. The topological polar surface area (TPSA) is 29.5 Å². The van der Waals surface area contributed by atoms with Crippen LogP contribution in [0.1, 0.15) is 43.7 Å². The van der Waals surface area contributed by atoms with E-state index in [-0.39, 0.29) is 16.7 Å². The largest absolute Gasteiger partial charge is 0.489 e. The summed E-state index contributed by atoms with van der Waals surface area (Å²) in [5, 5.41) is 0.0881. The first-order valence-corrected chi connectivity index (χ1v) is 10.1. The number of ether oxygens (including phenoxy) is 1. The smallest absolute Gasteiger partial charge is 0.224 e. The number of nitrogens with zero attached hydrogens (tertiary/aromatic N) is 1. The van der Waals surface area contributed by atoms with Crippen molar-refractivity contribution in [2.24, 2.45) is 5.41 Å². The number of amides is 1. The van der Waals surface area contributed by atoms with Gasteiger partial charge in [0, 0.05) is 18.7 Å². The Hall–Kier alpha value is -1.94. The highest BCUT2D eigenvalue weighted by atomic mass is 32.2. The monoisotopic (exact) mass is 369 g/mol. The van der Waals surface area contributed by atoms with Crippen molar-refractivity contribution in [2.75, 3.05) is 12.3 Å². The van der Waals surface area contributed by atoms with Crippen LogP contribution >= 0.6 is 11.8 Å². The molecule has 0 unspecified atom stereocenters. The molecule has 3 nitrogen and oxygen atoms in total. The molecule has 0 aliphatic carbocycles. The molecule has 1 saturated heterocycles. The SMILES string of the molecule is CC(C)(C)CC(=O)N1CCS[C@@H]1c1cccc(OCc2ccccc2)c1. The molecule has 1 heterocycles. The molecule has 1 aliphatic rings. The molecule has 0 aromatic heterocycles. The van der Waals surface area contributed by atoms with Crippen molar-refractivity contribution in [3.05, 3.63) is 65.7 Å². The summed E-state index contributed by atoms with van der Waals surface area (Å²) in [5.41, 5.74) is 2.30. The van der Waals surface area contributed by atoms with Gasteiger partial charge in [0.1, 0.15) is 17.7 Å². The quantitative estimate of drug-likeness (QED) is 0.718. The number of thioether (sulfide) groups is 1. The van der Waals surface area contributed by atoms with Crippen LogP contribution in [-0.4, -0.2) is 23.1 Å². The van der Waals surface area contributed by atoms with E-state index in [9.17, 15) is 4.79 Å². The van der Waals surface area contributed by atoms with Crippen LogP contribution in [0.4, 0.5) is 0 Å². The van der Waals surface area contributed by atoms with E-state index in [0.717, 1.165) is 29.2 Å². The molecule has 1 amide bonds. The molecule has 4 heteroatoms. The van der Waals surface area contributed by atoms with Crippen LogP contribution in [0.3, 0.4) is 0 Å². The maximum absolute atomic E-state index is 12.7. The molecule has 1 atom stereocenters. The van der Waals surface area contributed by atoms with Gasteiger partial charge in [-0.05, 0) is 28.7 Å². The average molecular weight is 370 g/mol. The molecular weight excluding hydrogens is 342 g/mol. The Labute approximate surface area is 160 Å². The zero-order valence-electron chi connectivity index (χ0n) is 15.8. The number of hydrogen-bond donors (Lipinski definition) is 0. The number of benzene rings is 2. The maximum atomic E-state index is 12.7. The highest BCUT2D eigenvalue weighted by Gasteiger charge is 2.32. The van der Waals surface area contributed by atoms with Gasteiger partial charge in [-0.2, -0.15) is 0 Å². The Kier molecular flexibility index (Phi) is 5.92. The zero-order chi connectivity index (χ0) is 18.6. The molecule has 138 valence electrons. The fraction of sp³-hybridized carbons (Fsp3) is 0.409. The molecule has 1 aliphatic heterocycles. The predicted molar refractivity (Wildman–Crippen MR) is 108 cm³/mol. The third-order valence-corrected chi connectivity index (χ3v) is 5.55. The second kappa shape index (κ2) is 8.17. The lowest BCUT2D eigenvalue weighted by Gasteiger charge is -2.28. The minimum absolute atomic E-state index is 0.00946. The molecule has 26 heavy (non-hydrogen) atoms. The van der Waals surface area contributed by atoms with Gasteiger partial charge < -0.3 is 9.64 Å². The fourth-order valence-electron chi connectivity index (χ4n) is 3.06. The van der Waals surface area contributed by atoms with Crippen LogP contribution in [0.25, 0.3) is 0 Å². The van der Waals surface area contributed by atoms with E-state index in [1.807, 2.05) is 47.0 Å². The summed E-state index contributed by atoms with van der Waals surface area (Å²) < 4.78 is 5.96. The van der Waals surface area contributed by atoms with Crippen molar-refractivity contribution in [1.82, 2.24) is 4.90 Å². The number of hydrogen-bond acceptors (Lipinski definition) is 3. The number of carbonyl (C=O) groups is 1. The van der Waals surface area contributed by atoms with E-state index in [4.69, 9.17) is 4.74 Å². The van der Waals surface area contributed by atoms with E-state index in [1.54, 1.807) is 0 Å². The van der Waals surface area contributed by atoms with Crippen LogP contribution in [0.15, 0.2) is 54.6 Å². The highest BCUT2D eigenvalue weighted by Crippen LogP contribution is 2.40. The Morgan fingerprint density at radius 1 is 1.15 bits per heavy atom. The van der Waals surface area contributed by atoms with Crippen LogP contribution < -0.4 is 4.74 Å². The molecule has 3 rings (SSSR count). The number of rotatable bonds is 5. The van der Waals surface area contributed by atoms with Crippen molar-refractivity contribution in [3.63, 3.8) is 0 Å². The van der Waals surface area contributed by atoms with Gasteiger partial charge in [0.25, 0.3) is 0 Å². The minimum Gasteiger partial charge on any atom is -0.489 e. The summed E-state index contributed by atoms with van der Waals surface area (Å²) in [5.74, 6) is 2.07. The summed E-state index contributed by atoms with van der Waals surface area (Å²) in [4.78, 5) is 14.7. The molecule has 0 radical (unpaired) electrons. The molecule has 2 aromatic rings. The van der Waals surface area contributed by atoms with E-state index < -0.39 is 0 Å². The lowest BCUT2D eigenvalue weighted by atomic mass is 9.91. The minimum atomic E-state index is 0.00946. The lowest BCUT2D eigenvalue weighted by Crippen LogP contribution is -2.33. The third-order valence-electron chi connectivity index (χ3n) is 4.28. The Balaban J connectivity index is 1.69. The van der Waals surface area contributed by atoms with Crippen LogP contribution in [-0.2, 0) is 11.4 Å². The molecule has 0 N–H and O–H groups in total. The molecule has 2 aromatic carbocycles. The summed E-state index contributed by atoms with van der Waals surface area (Å²) in [6.07, 6.45) is 0.578. The van der Waals surface area contributed by atoms with Gasteiger partial charge in [-0.1, -0.05) is 63.2 Å². The Morgan fingerprint density at radius 2 is 1.92 bits per heavy atom. The average Bonchev–Trinajstić information content (AvgIpc) is 3.10. The highest BCUT2D eigenvalue weighted by molar-refractivity contribution is 7.99. The molecule has 1 fully saturated rings. The maximum Gasteiger partial charge on any atom is 0.224 e. The van der Waals surface area contributed by atoms with E-state index in [1.165, 1.54) is 0 Å². The van der Waals surface area contributed by atoms with E-state index in [0.29, 0.717) is 13.0 Å². The first-order valence-electron chi connectivity index (χ1n) is 9.10. The summed E-state index contributed by atoms with van der Waals surface area (Å²) >= 11 is 1.83. The zero-order valence-corrected chi connectivity index (χ0v) is 16.6. The van der Waals surface area contributed by atoms with Crippen LogP contribution in [0.5, 0.6) is 5.75 Å². The van der Waals surface area contributed by atoms with Gasteiger partial charge in [-0.25, -0.2) is 0 Å². The van der Waals surface area contributed by atoms with Gasteiger partial charge in [-0.3, -0.25) is 4.79 Å². The molecule has 0 saturated carbocycles. The van der Waals surface area contributed by atoms with Gasteiger partial charge in [0.2, 0.25) is 5.91 Å². The Morgan fingerprint density at radius 3 is 2.65 bits per heavy atom. The van der Waals surface area contributed by atoms with Crippen molar-refractivity contribution < 1.29 is 9.53 Å². The normalized spacial score (nSPS) is 17.3. The predicted octanol–water partition coefficient (Wildman–Crippen LogP) is 5.28. The second-order valence-electron chi connectivity index (χ2n) is 7.89. The summed E-state index contributed by atoms with van der Waals surface area (Å²) in [7, 11) is 0. The standard InChI is InChI=1S/C22H27NO2S/c1-22(2,3)15-20(24)23-12-13-26-21(23)18-10-7-11-19(14-18)25-16-17-8-5-4-6-9-17/h4-11,14,21H,12-13,15-16H2,1-3H3/t21-/m1/s1.